The lowest BCUT2D eigenvalue weighted by Crippen LogP contribution is -2.40. The lowest BCUT2D eigenvalue weighted by Gasteiger charge is -2.25. The van der Waals surface area contributed by atoms with Gasteiger partial charge < -0.3 is 20.5 Å². The molecule has 0 saturated carbocycles. The second-order valence-electron chi connectivity index (χ2n) is 5.09. The van der Waals surface area contributed by atoms with E-state index in [0.29, 0.717) is 24.6 Å². The fraction of sp³-hybridized carbons (Fsp3) is 0.533. The summed E-state index contributed by atoms with van der Waals surface area (Å²) in [5, 5.41) is 2.90. The molecular weight excluding hydrogens is 292 g/mol. The van der Waals surface area contributed by atoms with Crippen molar-refractivity contribution >= 4 is 18.3 Å². The van der Waals surface area contributed by atoms with Crippen LogP contribution in [0.15, 0.2) is 18.2 Å². The number of ether oxygens (including phenoxy) is 2. The smallest absolute Gasteiger partial charge is 0.230 e. The number of nitrogens with one attached hydrogen (secondary N) is 1. The lowest BCUT2D eigenvalue weighted by atomic mass is 9.83. The minimum Gasteiger partial charge on any atom is -0.493 e. The SMILES string of the molecule is COc1ccc(C(C)(C)C(=O)NCCCN)cc1OC.Cl. The molecule has 6 heteroatoms. The maximum Gasteiger partial charge on any atom is 0.230 e. The fourth-order valence-corrected chi connectivity index (χ4v) is 1.88. The van der Waals surface area contributed by atoms with Crippen LogP contribution in [0.4, 0.5) is 0 Å². The summed E-state index contributed by atoms with van der Waals surface area (Å²) in [5.41, 5.74) is 5.65. The minimum absolute atomic E-state index is 0. The summed E-state index contributed by atoms with van der Waals surface area (Å²) in [7, 11) is 3.16. The number of halogens is 1. The number of nitrogens with two attached hydrogens (primary N) is 1. The Morgan fingerprint density at radius 3 is 2.38 bits per heavy atom. The molecule has 0 aliphatic rings. The lowest BCUT2D eigenvalue weighted by molar-refractivity contribution is -0.125. The zero-order valence-electron chi connectivity index (χ0n) is 13.1. The second kappa shape index (κ2) is 8.74. The molecule has 0 aromatic heterocycles. The molecule has 0 unspecified atom stereocenters. The summed E-state index contributed by atoms with van der Waals surface area (Å²) in [6.07, 6.45) is 0.772. The van der Waals surface area contributed by atoms with Crippen molar-refractivity contribution in [1.29, 1.82) is 0 Å². The van der Waals surface area contributed by atoms with Gasteiger partial charge in [-0.15, -0.1) is 12.4 Å². The van der Waals surface area contributed by atoms with Gasteiger partial charge in [0, 0.05) is 6.54 Å². The monoisotopic (exact) mass is 316 g/mol. The number of benzene rings is 1. The summed E-state index contributed by atoms with van der Waals surface area (Å²) < 4.78 is 10.5. The summed E-state index contributed by atoms with van der Waals surface area (Å²) >= 11 is 0. The first-order valence-electron chi connectivity index (χ1n) is 6.68. The molecule has 0 radical (unpaired) electrons. The molecule has 1 rings (SSSR count). The number of amides is 1. The highest BCUT2D eigenvalue weighted by Crippen LogP contribution is 2.33. The molecule has 1 amide bonds. The van der Waals surface area contributed by atoms with Crippen LogP contribution in [0.5, 0.6) is 11.5 Å². The summed E-state index contributed by atoms with van der Waals surface area (Å²) in [6, 6.07) is 5.52. The third kappa shape index (κ3) is 4.79. The van der Waals surface area contributed by atoms with Crippen LogP contribution in [0.25, 0.3) is 0 Å². The average molecular weight is 317 g/mol. The number of carbonyl (C=O) groups excluding carboxylic acids is 1. The maximum absolute atomic E-state index is 12.3. The van der Waals surface area contributed by atoms with Crippen LogP contribution in [0.1, 0.15) is 25.8 Å². The Morgan fingerprint density at radius 2 is 1.86 bits per heavy atom. The number of hydrogen-bond donors (Lipinski definition) is 2. The standard InChI is InChI=1S/C15H24N2O3.ClH/c1-15(2,14(18)17-9-5-8-16)11-6-7-12(19-3)13(10-11)20-4;/h6-7,10H,5,8-9,16H2,1-4H3,(H,17,18);1H. The van der Waals surface area contributed by atoms with Crippen molar-refractivity contribution in [2.45, 2.75) is 25.7 Å². The molecule has 120 valence electrons. The van der Waals surface area contributed by atoms with E-state index in [1.54, 1.807) is 14.2 Å². The van der Waals surface area contributed by atoms with Crippen molar-refractivity contribution in [2.75, 3.05) is 27.3 Å². The third-order valence-electron chi connectivity index (χ3n) is 3.34. The van der Waals surface area contributed by atoms with E-state index >= 15 is 0 Å². The van der Waals surface area contributed by atoms with Crippen molar-refractivity contribution in [3.05, 3.63) is 23.8 Å². The molecule has 3 N–H and O–H groups in total. The fourth-order valence-electron chi connectivity index (χ4n) is 1.88. The Bertz CT molecular complexity index is 464. The van der Waals surface area contributed by atoms with Crippen LogP contribution in [0.3, 0.4) is 0 Å². The van der Waals surface area contributed by atoms with Crippen molar-refractivity contribution in [2.24, 2.45) is 5.73 Å². The van der Waals surface area contributed by atoms with Crippen LogP contribution in [-0.2, 0) is 10.2 Å². The van der Waals surface area contributed by atoms with Crippen LogP contribution in [0, 0.1) is 0 Å². The Hall–Kier alpha value is -1.46. The van der Waals surface area contributed by atoms with Gasteiger partial charge in [0.25, 0.3) is 0 Å². The van der Waals surface area contributed by atoms with Crippen LogP contribution >= 0.6 is 12.4 Å². The van der Waals surface area contributed by atoms with E-state index < -0.39 is 5.41 Å². The predicted octanol–water partition coefficient (Wildman–Crippen LogP) is 1.87. The molecule has 0 fully saturated rings. The van der Waals surface area contributed by atoms with E-state index in [4.69, 9.17) is 15.2 Å². The van der Waals surface area contributed by atoms with Crippen LogP contribution < -0.4 is 20.5 Å². The highest BCUT2D eigenvalue weighted by molar-refractivity contribution is 5.87. The maximum atomic E-state index is 12.3. The van der Waals surface area contributed by atoms with Gasteiger partial charge in [-0.1, -0.05) is 6.07 Å². The van der Waals surface area contributed by atoms with Crippen molar-refractivity contribution in [3.8, 4) is 11.5 Å². The summed E-state index contributed by atoms with van der Waals surface area (Å²) in [4.78, 5) is 12.3. The van der Waals surface area contributed by atoms with Gasteiger partial charge in [-0.3, -0.25) is 4.79 Å². The molecular formula is C15H25ClN2O3. The molecule has 0 aliphatic carbocycles. The molecule has 0 heterocycles. The molecule has 0 atom stereocenters. The summed E-state index contributed by atoms with van der Waals surface area (Å²) in [6.45, 7) is 4.92. The molecule has 0 bridgehead atoms. The number of methoxy groups -OCH3 is 2. The normalized spacial score (nSPS) is 10.5. The zero-order valence-corrected chi connectivity index (χ0v) is 13.9. The van der Waals surface area contributed by atoms with Gasteiger partial charge in [-0.05, 0) is 44.5 Å². The molecule has 21 heavy (non-hydrogen) atoms. The van der Waals surface area contributed by atoms with Gasteiger partial charge in [0.15, 0.2) is 11.5 Å². The largest absolute Gasteiger partial charge is 0.493 e. The Balaban J connectivity index is 0.00000400. The highest BCUT2D eigenvalue weighted by Gasteiger charge is 2.30. The van der Waals surface area contributed by atoms with Gasteiger partial charge in [0.1, 0.15) is 0 Å². The quantitative estimate of drug-likeness (QED) is 0.753. The minimum atomic E-state index is -0.645. The predicted molar refractivity (Wildman–Crippen MR) is 86.5 cm³/mol. The van der Waals surface area contributed by atoms with Crippen molar-refractivity contribution < 1.29 is 14.3 Å². The topological polar surface area (TPSA) is 73.6 Å². The van der Waals surface area contributed by atoms with Crippen LogP contribution in [-0.4, -0.2) is 33.2 Å². The molecule has 1 aromatic rings. The van der Waals surface area contributed by atoms with Gasteiger partial charge in [-0.25, -0.2) is 0 Å². The first-order chi connectivity index (χ1) is 9.47. The Labute approximate surface area is 132 Å². The highest BCUT2D eigenvalue weighted by atomic mass is 35.5. The van der Waals surface area contributed by atoms with Crippen LogP contribution in [0.2, 0.25) is 0 Å². The van der Waals surface area contributed by atoms with Gasteiger partial charge in [0.05, 0.1) is 19.6 Å². The average Bonchev–Trinajstić information content (AvgIpc) is 2.46. The summed E-state index contributed by atoms with van der Waals surface area (Å²) in [5.74, 6) is 1.24. The number of carbonyl (C=O) groups is 1. The van der Waals surface area contributed by atoms with E-state index in [1.807, 2.05) is 32.0 Å². The Morgan fingerprint density at radius 1 is 1.24 bits per heavy atom. The molecule has 0 spiro atoms. The third-order valence-corrected chi connectivity index (χ3v) is 3.34. The first kappa shape index (κ1) is 19.5. The zero-order chi connectivity index (χ0) is 15.2. The van der Waals surface area contributed by atoms with Gasteiger partial charge in [0.2, 0.25) is 5.91 Å². The first-order valence-corrected chi connectivity index (χ1v) is 6.68. The van der Waals surface area contributed by atoms with Gasteiger partial charge in [-0.2, -0.15) is 0 Å². The van der Waals surface area contributed by atoms with E-state index in [9.17, 15) is 4.79 Å². The molecule has 0 aliphatic heterocycles. The van der Waals surface area contributed by atoms with E-state index in [2.05, 4.69) is 5.32 Å². The van der Waals surface area contributed by atoms with E-state index in [1.165, 1.54) is 0 Å². The van der Waals surface area contributed by atoms with E-state index in [-0.39, 0.29) is 18.3 Å². The van der Waals surface area contributed by atoms with Gasteiger partial charge >= 0.3 is 0 Å². The van der Waals surface area contributed by atoms with Crippen molar-refractivity contribution in [3.63, 3.8) is 0 Å². The Kier molecular flexibility index (Phi) is 8.14. The van der Waals surface area contributed by atoms with Crippen molar-refractivity contribution in [1.82, 2.24) is 5.32 Å². The molecule has 1 aromatic carbocycles. The van der Waals surface area contributed by atoms with E-state index in [0.717, 1.165) is 12.0 Å². The number of hydrogen-bond acceptors (Lipinski definition) is 4. The number of rotatable bonds is 7. The molecule has 5 nitrogen and oxygen atoms in total. The second-order valence-corrected chi connectivity index (χ2v) is 5.09. The molecule has 0 saturated heterocycles.